The SMILES string of the molecule is Cc1cccc(C(CCl)Cc2cc(Cl)ccc2F)c1. The zero-order valence-corrected chi connectivity index (χ0v) is 12.2. The summed E-state index contributed by atoms with van der Waals surface area (Å²) in [5, 5.41) is 0.550. The third kappa shape index (κ3) is 3.71. The first kappa shape index (κ1) is 14.4. The fourth-order valence-corrected chi connectivity index (χ4v) is 2.63. The molecule has 0 spiro atoms. The number of benzene rings is 2. The van der Waals surface area contributed by atoms with Crippen molar-refractivity contribution in [2.24, 2.45) is 0 Å². The Balaban J connectivity index is 2.26. The zero-order chi connectivity index (χ0) is 13.8. The lowest BCUT2D eigenvalue weighted by atomic mass is 9.92. The molecule has 1 atom stereocenters. The van der Waals surface area contributed by atoms with E-state index in [0.717, 1.165) is 5.56 Å². The molecule has 2 aromatic rings. The van der Waals surface area contributed by atoms with Crippen molar-refractivity contribution >= 4 is 23.2 Å². The minimum atomic E-state index is -0.229. The summed E-state index contributed by atoms with van der Waals surface area (Å²) in [6, 6.07) is 12.8. The highest BCUT2D eigenvalue weighted by Crippen LogP contribution is 2.26. The molecule has 3 heteroatoms. The molecule has 1 unspecified atom stereocenters. The van der Waals surface area contributed by atoms with Crippen molar-refractivity contribution in [1.82, 2.24) is 0 Å². The van der Waals surface area contributed by atoms with E-state index in [4.69, 9.17) is 23.2 Å². The van der Waals surface area contributed by atoms with Crippen LogP contribution < -0.4 is 0 Å². The van der Waals surface area contributed by atoms with Gasteiger partial charge >= 0.3 is 0 Å². The second-order valence-corrected chi connectivity index (χ2v) is 5.45. The fraction of sp³-hybridized carbons (Fsp3) is 0.250. The van der Waals surface area contributed by atoms with Gasteiger partial charge in [-0.25, -0.2) is 4.39 Å². The van der Waals surface area contributed by atoms with E-state index in [1.807, 2.05) is 25.1 Å². The lowest BCUT2D eigenvalue weighted by Gasteiger charge is -2.15. The largest absolute Gasteiger partial charge is 0.207 e. The van der Waals surface area contributed by atoms with E-state index in [2.05, 4.69) is 6.07 Å². The molecule has 0 aromatic heterocycles. The molecule has 0 N–H and O–H groups in total. The fourth-order valence-electron chi connectivity index (χ4n) is 2.15. The van der Waals surface area contributed by atoms with Crippen LogP contribution in [0.4, 0.5) is 4.39 Å². The summed E-state index contributed by atoms with van der Waals surface area (Å²) in [6.45, 7) is 2.04. The first-order chi connectivity index (χ1) is 9.10. The van der Waals surface area contributed by atoms with Crippen LogP contribution in [-0.4, -0.2) is 5.88 Å². The van der Waals surface area contributed by atoms with Crippen LogP contribution in [0.2, 0.25) is 5.02 Å². The van der Waals surface area contributed by atoms with Crippen molar-refractivity contribution in [2.45, 2.75) is 19.3 Å². The molecule has 0 heterocycles. The highest BCUT2D eigenvalue weighted by atomic mass is 35.5. The molecule has 0 saturated carbocycles. The molecule has 0 radical (unpaired) electrons. The van der Waals surface area contributed by atoms with Gasteiger partial charge in [0.05, 0.1) is 0 Å². The number of hydrogen-bond donors (Lipinski definition) is 0. The van der Waals surface area contributed by atoms with E-state index < -0.39 is 0 Å². The topological polar surface area (TPSA) is 0 Å². The Labute approximate surface area is 123 Å². The number of alkyl halides is 1. The number of rotatable bonds is 4. The maximum atomic E-state index is 13.8. The summed E-state index contributed by atoms with van der Waals surface area (Å²) >= 11 is 12.0. The normalized spacial score (nSPS) is 12.4. The van der Waals surface area contributed by atoms with Gasteiger partial charge in [0.2, 0.25) is 0 Å². The van der Waals surface area contributed by atoms with Gasteiger partial charge in [0.15, 0.2) is 0 Å². The quantitative estimate of drug-likeness (QED) is 0.667. The second kappa shape index (κ2) is 6.40. The Morgan fingerprint density at radius 1 is 1.16 bits per heavy atom. The van der Waals surface area contributed by atoms with Crippen LogP contribution in [-0.2, 0) is 6.42 Å². The zero-order valence-electron chi connectivity index (χ0n) is 10.7. The van der Waals surface area contributed by atoms with E-state index >= 15 is 0 Å². The van der Waals surface area contributed by atoms with Crippen LogP contribution in [0.3, 0.4) is 0 Å². The number of halogens is 3. The van der Waals surface area contributed by atoms with E-state index in [0.29, 0.717) is 22.9 Å². The van der Waals surface area contributed by atoms with Crippen molar-refractivity contribution in [3.8, 4) is 0 Å². The molecule has 100 valence electrons. The van der Waals surface area contributed by atoms with Gasteiger partial charge in [-0.2, -0.15) is 0 Å². The van der Waals surface area contributed by atoms with Crippen LogP contribution >= 0.6 is 23.2 Å². The Morgan fingerprint density at radius 2 is 1.95 bits per heavy atom. The minimum Gasteiger partial charge on any atom is -0.207 e. The Kier molecular flexibility index (Phi) is 4.84. The van der Waals surface area contributed by atoms with Crippen LogP contribution in [0.1, 0.15) is 22.6 Å². The van der Waals surface area contributed by atoms with Gasteiger partial charge < -0.3 is 0 Å². The molecule has 0 amide bonds. The summed E-state index contributed by atoms with van der Waals surface area (Å²) in [5.74, 6) is 0.316. The number of aryl methyl sites for hydroxylation is 1. The molecule has 19 heavy (non-hydrogen) atoms. The third-order valence-corrected chi connectivity index (χ3v) is 3.78. The predicted octanol–water partition coefficient (Wildman–Crippen LogP) is 5.35. The van der Waals surface area contributed by atoms with E-state index in [-0.39, 0.29) is 11.7 Å². The molecule has 0 saturated heterocycles. The number of hydrogen-bond acceptors (Lipinski definition) is 0. The molecule has 0 aliphatic heterocycles. The molecular weight excluding hydrogens is 282 g/mol. The summed E-state index contributed by atoms with van der Waals surface area (Å²) in [6.07, 6.45) is 0.555. The average Bonchev–Trinajstić information content (AvgIpc) is 2.39. The van der Waals surface area contributed by atoms with E-state index in [1.54, 1.807) is 12.1 Å². The highest BCUT2D eigenvalue weighted by Gasteiger charge is 2.14. The monoisotopic (exact) mass is 296 g/mol. The molecule has 0 aliphatic carbocycles. The van der Waals surface area contributed by atoms with Gasteiger partial charge in [-0.05, 0) is 42.7 Å². The van der Waals surface area contributed by atoms with Gasteiger partial charge in [0.1, 0.15) is 5.82 Å². The first-order valence-electron chi connectivity index (χ1n) is 6.16. The predicted molar refractivity (Wildman–Crippen MR) is 79.8 cm³/mol. The van der Waals surface area contributed by atoms with Crippen molar-refractivity contribution in [2.75, 3.05) is 5.88 Å². The summed E-state index contributed by atoms with van der Waals surface area (Å²) in [5.41, 5.74) is 2.92. The van der Waals surface area contributed by atoms with Gasteiger partial charge in [-0.15, -0.1) is 11.6 Å². The Hall–Kier alpha value is -1.05. The van der Waals surface area contributed by atoms with Gasteiger partial charge in [0, 0.05) is 16.8 Å². The smallest absolute Gasteiger partial charge is 0.126 e. The Bertz CT molecular complexity index is 566. The molecule has 0 bridgehead atoms. The average molecular weight is 297 g/mol. The maximum Gasteiger partial charge on any atom is 0.126 e. The lowest BCUT2D eigenvalue weighted by Crippen LogP contribution is -2.06. The molecule has 2 aromatic carbocycles. The van der Waals surface area contributed by atoms with Gasteiger partial charge in [-0.3, -0.25) is 0 Å². The molecule has 2 rings (SSSR count). The van der Waals surface area contributed by atoms with Crippen LogP contribution in [0.25, 0.3) is 0 Å². The first-order valence-corrected chi connectivity index (χ1v) is 7.08. The summed E-state index contributed by atoms with van der Waals surface area (Å²) in [4.78, 5) is 0. The van der Waals surface area contributed by atoms with Gasteiger partial charge in [0.25, 0.3) is 0 Å². The summed E-state index contributed by atoms with van der Waals surface area (Å²) in [7, 11) is 0. The highest BCUT2D eigenvalue weighted by molar-refractivity contribution is 6.30. The van der Waals surface area contributed by atoms with Crippen molar-refractivity contribution in [3.63, 3.8) is 0 Å². The van der Waals surface area contributed by atoms with Crippen molar-refractivity contribution in [3.05, 3.63) is 70.0 Å². The third-order valence-electron chi connectivity index (χ3n) is 3.17. The summed E-state index contributed by atoms with van der Waals surface area (Å²) < 4.78 is 13.8. The molecule has 0 aliphatic rings. The van der Waals surface area contributed by atoms with Gasteiger partial charge in [-0.1, -0.05) is 41.4 Å². The standard InChI is InChI=1S/C16H15Cl2F/c1-11-3-2-4-12(7-11)14(10-17)8-13-9-15(18)5-6-16(13)19/h2-7,9,14H,8,10H2,1H3. The van der Waals surface area contributed by atoms with E-state index in [1.165, 1.54) is 11.6 Å². The Morgan fingerprint density at radius 3 is 2.63 bits per heavy atom. The van der Waals surface area contributed by atoms with Crippen molar-refractivity contribution < 1.29 is 4.39 Å². The molecule has 0 nitrogen and oxygen atoms in total. The van der Waals surface area contributed by atoms with Crippen LogP contribution in [0.5, 0.6) is 0 Å². The molecular formula is C16H15Cl2F. The maximum absolute atomic E-state index is 13.8. The van der Waals surface area contributed by atoms with Crippen LogP contribution in [0.15, 0.2) is 42.5 Å². The van der Waals surface area contributed by atoms with Crippen LogP contribution in [0, 0.1) is 12.7 Å². The second-order valence-electron chi connectivity index (χ2n) is 4.71. The minimum absolute atomic E-state index is 0.0922. The van der Waals surface area contributed by atoms with Crippen molar-refractivity contribution in [1.29, 1.82) is 0 Å². The molecule has 0 fully saturated rings. The lowest BCUT2D eigenvalue weighted by molar-refractivity contribution is 0.598. The van der Waals surface area contributed by atoms with E-state index in [9.17, 15) is 4.39 Å².